The van der Waals surface area contributed by atoms with Gasteiger partial charge < -0.3 is 14.6 Å². The summed E-state index contributed by atoms with van der Waals surface area (Å²) in [6, 6.07) is 7.86. The molecule has 2 aromatic heterocycles. The first-order chi connectivity index (χ1) is 11.6. The number of aromatic amines is 1. The van der Waals surface area contributed by atoms with E-state index in [2.05, 4.69) is 32.8 Å². The predicted octanol–water partition coefficient (Wildman–Crippen LogP) is 2.96. The highest BCUT2D eigenvalue weighted by atomic mass is 16.4. The maximum atomic E-state index is 11.1. The summed E-state index contributed by atoms with van der Waals surface area (Å²) in [6.45, 7) is 2.26. The molecule has 1 saturated heterocycles. The van der Waals surface area contributed by atoms with Crippen LogP contribution in [-0.4, -0.2) is 38.9 Å². The molecule has 6 rings (SSSR count). The molecular formula is C18H18N4O2. The first kappa shape index (κ1) is 13.7. The van der Waals surface area contributed by atoms with Gasteiger partial charge in [0.25, 0.3) is 0 Å². The van der Waals surface area contributed by atoms with E-state index in [1.807, 2.05) is 12.1 Å². The van der Waals surface area contributed by atoms with E-state index in [1.165, 1.54) is 29.6 Å². The number of anilines is 1. The number of rotatable bonds is 2. The lowest BCUT2D eigenvalue weighted by Gasteiger charge is -2.41. The largest absolute Gasteiger partial charge is 0.477 e. The molecule has 0 unspecified atom stereocenters. The molecule has 1 aromatic carbocycles. The van der Waals surface area contributed by atoms with Crippen LogP contribution in [0.2, 0.25) is 0 Å². The number of fused-ring (bicyclic) bond motifs is 3. The molecule has 24 heavy (non-hydrogen) atoms. The van der Waals surface area contributed by atoms with Crippen LogP contribution in [0, 0.1) is 0 Å². The lowest BCUT2D eigenvalue weighted by atomic mass is 9.84. The molecule has 3 aliphatic rings. The number of benzene rings is 1. The Morgan fingerprint density at radius 2 is 2.12 bits per heavy atom. The van der Waals surface area contributed by atoms with E-state index in [0.29, 0.717) is 11.6 Å². The monoisotopic (exact) mass is 322 g/mol. The van der Waals surface area contributed by atoms with Gasteiger partial charge in [-0.1, -0.05) is 18.2 Å². The van der Waals surface area contributed by atoms with Crippen LogP contribution in [0.4, 0.5) is 5.82 Å². The lowest BCUT2D eigenvalue weighted by Crippen LogP contribution is -2.39. The first-order valence-electron chi connectivity index (χ1n) is 8.30. The van der Waals surface area contributed by atoms with Gasteiger partial charge in [0.2, 0.25) is 0 Å². The number of aryl methyl sites for hydroxylation is 1. The third-order valence-electron chi connectivity index (χ3n) is 5.51. The molecule has 0 spiro atoms. The van der Waals surface area contributed by atoms with Crippen LogP contribution < -0.4 is 4.90 Å². The van der Waals surface area contributed by atoms with Crippen LogP contribution >= 0.6 is 0 Å². The molecule has 0 amide bonds. The Bertz CT molecular complexity index is 976. The fraction of sp³-hybridized carbons (Fsp3) is 0.333. The van der Waals surface area contributed by atoms with Crippen molar-refractivity contribution >= 4 is 22.7 Å². The smallest absolute Gasteiger partial charge is 0.353 e. The normalized spacial score (nSPS) is 16.8. The van der Waals surface area contributed by atoms with Gasteiger partial charge in [-0.2, -0.15) is 5.10 Å². The molecule has 2 bridgehead atoms. The van der Waals surface area contributed by atoms with Crippen molar-refractivity contribution in [3.8, 4) is 11.3 Å². The molecule has 3 aliphatic heterocycles. The maximum Gasteiger partial charge on any atom is 0.353 e. The van der Waals surface area contributed by atoms with E-state index in [-0.39, 0.29) is 5.69 Å². The zero-order valence-electron chi connectivity index (χ0n) is 13.4. The summed E-state index contributed by atoms with van der Waals surface area (Å²) in [5.41, 5.74) is 4.38. The molecule has 5 heterocycles. The summed E-state index contributed by atoms with van der Waals surface area (Å²) in [6.07, 6.45) is 2.45. The Balaban J connectivity index is 1.79. The minimum Gasteiger partial charge on any atom is -0.477 e. The van der Waals surface area contributed by atoms with Crippen molar-refractivity contribution in [2.75, 3.05) is 18.0 Å². The Kier molecular flexibility index (Phi) is 2.63. The summed E-state index contributed by atoms with van der Waals surface area (Å²) >= 11 is 0. The fourth-order valence-corrected chi connectivity index (χ4v) is 4.47. The van der Waals surface area contributed by atoms with Crippen molar-refractivity contribution in [3.05, 3.63) is 35.5 Å². The van der Waals surface area contributed by atoms with Crippen molar-refractivity contribution in [1.82, 2.24) is 14.8 Å². The zero-order chi connectivity index (χ0) is 16.4. The average molecular weight is 322 g/mol. The molecule has 3 aromatic rings. The summed E-state index contributed by atoms with van der Waals surface area (Å²) in [5.74, 6) is 0.975. The number of H-pyrrole nitrogens is 1. The molecule has 1 fully saturated rings. The first-order valence-corrected chi connectivity index (χ1v) is 8.30. The number of carboxylic acid groups (broad SMARTS) is 1. The molecule has 6 heteroatoms. The molecule has 0 radical (unpaired) electrons. The van der Waals surface area contributed by atoms with E-state index >= 15 is 0 Å². The average Bonchev–Trinajstić information content (AvgIpc) is 3.21. The Morgan fingerprint density at radius 1 is 1.33 bits per heavy atom. The molecule has 0 aliphatic carbocycles. The quantitative estimate of drug-likeness (QED) is 0.761. The Hall–Kier alpha value is -2.76. The molecule has 122 valence electrons. The van der Waals surface area contributed by atoms with Crippen molar-refractivity contribution in [3.63, 3.8) is 0 Å². The molecule has 6 nitrogen and oxygen atoms in total. The molecule has 2 N–H and O–H groups in total. The zero-order valence-corrected chi connectivity index (χ0v) is 13.4. The summed E-state index contributed by atoms with van der Waals surface area (Å²) < 4.78 is 2.26. The van der Waals surface area contributed by atoms with E-state index < -0.39 is 5.97 Å². The number of hydrogen-bond donors (Lipinski definition) is 2. The Morgan fingerprint density at radius 3 is 2.83 bits per heavy atom. The van der Waals surface area contributed by atoms with Gasteiger partial charge in [-0.3, -0.25) is 5.10 Å². The summed E-state index contributed by atoms with van der Waals surface area (Å²) in [7, 11) is 2.11. The van der Waals surface area contributed by atoms with E-state index in [4.69, 9.17) is 5.11 Å². The van der Waals surface area contributed by atoms with Gasteiger partial charge in [0.15, 0.2) is 0 Å². The second-order valence-electron chi connectivity index (χ2n) is 6.73. The number of nitrogens with one attached hydrogen (secondary N) is 1. The highest BCUT2D eigenvalue weighted by molar-refractivity contribution is 6.01. The van der Waals surface area contributed by atoms with E-state index in [0.717, 1.165) is 24.2 Å². The Labute approximate surface area is 138 Å². The topological polar surface area (TPSA) is 74.1 Å². The van der Waals surface area contributed by atoms with E-state index in [9.17, 15) is 4.79 Å². The van der Waals surface area contributed by atoms with Crippen LogP contribution in [0.5, 0.6) is 0 Å². The van der Waals surface area contributed by atoms with Crippen molar-refractivity contribution in [2.24, 2.45) is 7.05 Å². The van der Waals surface area contributed by atoms with Crippen molar-refractivity contribution in [1.29, 1.82) is 0 Å². The van der Waals surface area contributed by atoms with Crippen LogP contribution in [0.25, 0.3) is 22.2 Å². The summed E-state index contributed by atoms with van der Waals surface area (Å²) in [5, 5.41) is 17.3. The number of carboxylic acids is 1. The minimum atomic E-state index is -0.990. The second-order valence-corrected chi connectivity index (χ2v) is 6.73. The maximum absolute atomic E-state index is 11.1. The van der Waals surface area contributed by atoms with Crippen LogP contribution in [0.15, 0.2) is 24.3 Å². The minimum absolute atomic E-state index is 0.116. The number of aromatic nitrogens is 3. The molecular weight excluding hydrogens is 304 g/mol. The van der Waals surface area contributed by atoms with Gasteiger partial charge in [-0.05, 0) is 24.8 Å². The van der Waals surface area contributed by atoms with Crippen LogP contribution in [-0.2, 0) is 7.05 Å². The number of carbonyl (C=O) groups is 1. The van der Waals surface area contributed by atoms with Gasteiger partial charge in [0, 0.05) is 36.7 Å². The standard InChI is InChI=1S/C18H18N4O2/c1-21-16-11(13-9-14(18(23)24)20-19-13)3-2-4-12(16)15-10-5-7-22(8-6-10)17(15)21/h2-4,9-10H,5-8H2,1H3,(H,19,20)(H,23,24). The third kappa shape index (κ3) is 1.65. The highest BCUT2D eigenvalue weighted by Gasteiger charge is 2.35. The molecule has 0 atom stereocenters. The predicted molar refractivity (Wildman–Crippen MR) is 91.6 cm³/mol. The van der Waals surface area contributed by atoms with Gasteiger partial charge in [-0.15, -0.1) is 0 Å². The number of para-hydroxylation sites is 1. The van der Waals surface area contributed by atoms with Crippen LogP contribution in [0.1, 0.15) is 34.8 Å². The number of aromatic carboxylic acids is 1. The van der Waals surface area contributed by atoms with Crippen molar-refractivity contribution < 1.29 is 9.90 Å². The number of hydrogen-bond acceptors (Lipinski definition) is 3. The fourth-order valence-electron chi connectivity index (χ4n) is 4.47. The van der Waals surface area contributed by atoms with Crippen LogP contribution in [0.3, 0.4) is 0 Å². The number of piperidine rings is 1. The van der Waals surface area contributed by atoms with Gasteiger partial charge in [0.05, 0.1) is 11.2 Å². The van der Waals surface area contributed by atoms with Gasteiger partial charge in [-0.25, -0.2) is 4.79 Å². The SMILES string of the molecule is Cn1c2c(c3cccc(-c4cc(C(=O)O)[nH]n4)c31)C1CCN2CC1. The van der Waals surface area contributed by atoms with E-state index in [1.54, 1.807) is 6.07 Å². The van der Waals surface area contributed by atoms with Gasteiger partial charge in [0.1, 0.15) is 11.5 Å². The second kappa shape index (κ2) is 4.63. The summed E-state index contributed by atoms with van der Waals surface area (Å²) in [4.78, 5) is 13.6. The third-order valence-corrected chi connectivity index (χ3v) is 5.51. The van der Waals surface area contributed by atoms with Crippen molar-refractivity contribution in [2.45, 2.75) is 18.8 Å². The highest BCUT2D eigenvalue weighted by Crippen LogP contribution is 2.48. The number of nitrogens with zero attached hydrogens (tertiary/aromatic N) is 3. The lowest BCUT2D eigenvalue weighted by molar-refractivity contribution is 0.0690. The molecule has 0 saturated carbocycles. The van der Waals surface area contributed by atoms with Gasteiger partial charge >= 0.3 is 5.97 Å².